The van der Waals surface area contributed by atoms with E-state index in [0.29, 0.717) is 11.8 Å². The fraction of sp³-hybridized carbons (Fsp3) is 0.615. The van der Waals surface area contributed by atoms with Crippen LogP contribution in [0.3, 0.4) is 0 Å². The number of piperidine rings is 1. The predicted octanol–water partition coefficient (Wildman–Crippen LogP) is 1.01. The van der Waals surface area contributed by atoms with Gasteiger partial charge in [-0.3, -0.25) is 0 Å². The lowest BCUT2D eigenvalue weighted by atomic mass is 10.1. The van der Waals surface area contributed by atoms with Gasteiger partial charge in [-0.2, -0.15) is 14.6 Å². The molecular weight excluding hydrogens is 240 g/mol. The van der Waals surface area contributed by atoms with Crippen LogP contribution in [0.1, 0.15) is 25.5 Å². The number of aryl methyl sites for hydroxylation is 1. The van der Waals surface area contributed by atoms with Crippen molar-refractivity contribution in [1.82, 2.24) is 24.9 Å². The highest BCUT2D eigenvalue weighted by Crippen LogP contribution is 2.20. The Morgan fingerprint density at radius 1 is 1.37 bits per heavy atom. The third kappa shape index (κ3) is 2.40. The lowest BCUT2D eigenvalue weighted by Crippen LogP contribution is -2.43. The number of nitrogens with one attached hydrogen (secondary N) is 1. The van der Waals surface area contributed by atoms with Crippen LogP contribution >= 0.6 is 0 Å². The Bertz CT molecular complexity index is 555. The smallest absolute Gasteiger partial charge is 0.254 e. The van der Waals surface area contributed by atoms with E-state index in [9.17, 15) is 0 Å². The van der Waals surface area contributed by atoms with E-state index in [1.807, 2.05) is 11.4 Å². The molecule has 0 aromatic carbocycles. The highest BCUT2D eigenvalue weighted by atomic mass is 15.4. The van der Waals surface area contributed by atoms with Gasteiger partial charge < -0.3 is 10.2 Å². The highest BCUT2D eigenvalue weighted by Gasteiger charge is 2.21. The molecule has 102 valence electrons. The van der Waals surface area contributed by atoms with Crippen LogP contribution in [0.2, 0.25) is 0 Å². The van der Waals surface area contributed by atoms with E-state index in [1.165, 1.54) is 12.8 Å². The standard InChI is InChI=1S/C13H20N6/c1-3-14-11-4-6-18(7-5-11)12-8-10(2)17-13-15-9-16-19(12)13/h8-9,11,14H,3-7H2,1-2H3. The quantitative estimate of drug-likeness (QED) is 0.892. The van der Waals surface area contributed by atoms with Crippen molar-refractivity contribution in [2.45, 2.75) is 32.7 Å². The largest absolute Gasteiger partial charge is 0.356 e. The van der Waals surface area contributed by atoms with Gasteiger partial charge in [0, 0.05) is 30.9 Å². The molecule has 0 aliphatic carbocycles. The zero-order chi connectivity index (χ0) is 13.2. The Morgan fingerprint density at radius 3 is 2.89 bits per heavy atom. The van der Waals surface area contributed by atoms with Crippen molar-refractivity contribution >= 4 is 11.6 Å². The summed E-state index contributed by atoms with van der Waals surface area (Å²) in [6.07, 6.45) is 3.91. The first-order chi connectivity index (χ1) is 9.28. The monoisotopic (exact) mass is 260 g/mol. The minimum Gasteiger partial charge on any atom is -0.356 e. The van der Waals surface area contributed by atoms with Gasteiger partial charge in [0.2, 0.25) is 0 Å². The lowest BCUT2D eigenvalue weighted by molar-refractivity contribution is 0.421. The van der Waals surface area contributed by atoms with E-state index in [1.54, 1.807) is 6.33 Å². The summed E-state index contributed by atoms with van der Waals surface area (Å²) in [5, 5.41) is 7.80. The van der Waals surface area contributed by atoms with Crippen molar-refractivity contribution in [1.29, 1.82) is 0 Å². The van der Waals surface area contributed by atoms with Crippen LogP contribution in [0.5, 0.6) is 0 Å². The minimum atomic E-state index is 0.649. The van der Waals surface area contributed by atoms with Crippen molar-refractivity contribution in [3.05, 3.63) is 18.1 Å². The van der Waals surface area contributed by atoms with Gasteiger partial charge in [-0.05, 0) is 26.3 Å². The third-order valence-corrected chi connectivity index (χ3v) is 3.67. The molecular formula is C13H20N6. The summed E-state index contributed by atoms with van der Waals surface area (Å²) in [7, 11) is 0. The molecule has 0 spiro atoms. The van der Waals surface area contributed by atoms with Crippen molar-refractivity contribution in [3.8, 4) is 0 Å². The molecule has 1 saturated heterocycles. The number of aromatic nitrogens is 4. The van der Waals surface area contributed by atoms with Crippen molar-refractivity contribution in [2.75, 3.05) is 24.5 Å². The van der Waals surface area contributed by atoms with Gasteiger partial charge in [0.05, 0.1) is 0 Å². The molecule has 19 heavy (non-hydrogen) atoms. The second-order valence-corrected chi connectivity index (χ2v) is 5.05. The third-order valence-electron chi connectivity index (χ3n) is 3.67. The summed E-state index contributed by atoms with van der Waals surface area (Å²) in [5.41, 5.74) is 0.990. The first-order valence-corrected chi connectivity index (χ1v) is 6.93. The minimum absolute atomic E-state index is 0.649. The first-order valence-electron chi connectivity index (χ1n) is 6.93. The number of fused-ring (bicyclic) bond motifs is 1. The van der Waals surface area contributed by atoms with Gasteiger partial charge >= 0.3 is 0 Å². The Hall–Kier alpha value is -1.69. The average molecular weight is 260 g/mol. The molecule has 2 aromatic heterocycles. The molecule has 3 heterocycles. The van der Waals surface area contributed by atoms with E-state index in [4.69, 9.17) is 0 Å². The second kappa shape index (κ2) is 5.13. The first kappa shape index (κ1) is 12.3. The van der Waals surface area contributed by atoms with E-state index < -0.39 is 0 Å². The summed E-state index contributed by atoms with van der Waals surface area (Å²) in [4.78, 5) is 10.9. The highest BCUT2D eigenvalue weighted by molar-refractivity contribution is 5.47. The zero-order valence-corrected chi connectivity index (χ0v) is 11.5. The number of hydrogen-bond donors (Lipinski definition) is 1. The van der Waals surface area contributed by atoms with Crippen LogP contribution in [0, 0.1) is 6.92 Å². The molecule has 3 rings (SSSR count). The number of hydrogen-bond acceptors (Lipinski definition) is 5. The van der Waals surface area contributed by atoms with Crippen molar-refractivity contribution in [2.24, 2.45) is 0 Å². The SMILES string of the molecule is CCNC1CCN(c2cc(C)nc3ncnn23)CC1. The van der Waals surface area contributed by atoms with Crippen molar-refractivity contribution in [3.63, 3.8) is 0 Å². The molecule has 0 amide bonds. The van der Waals surface area contributed by atoms with Gasteiger partial charge in [-0.1, -0.05) is 6.92 Å². The lowest BCUT2D eigenvalue weighted by Gasteiger charge is -2.33. The maximum atomic E-state index is 4.39. The molecule has 0 bridgehead atoms. The van der Waals surface area contributed by atoms with Gasteiger partial charge in [-0.15, -0.1) is 0 Å². The molecule has 2 aromatic rings. The molecule has 1 aliphatic heterocycles. The van der Waals surface area contributed by atoms with Gasteiger partial charge in [0.15, 0.2) is 0 Å². The molecule has 0 atom stereocenters. The number of rotatable bonds is 3. The van der Waals surface area contributed by atoms with E-state index >= 15 is 0 Å². The fourth-order valence-electron chi connectivity index (χ4n) is 2.74. The number of nitrogens with zero attached hydrogens (tertiary/aromatic N) is 5. The van der Waals surface area contributed by atoms with Crippen LogP contribution in [0.25, 0.3) is 5.78 Å². The molecule has 0 unspecified atom stereocenters. The Kier molecular flexibility index (Phi) is 3.33. The molecule has 1 aliphatic rings. The summed E-state index contributed by atoms with van der Waals surface area (Å²) < 4.78 is 1.83. The maximum Gasteiger partial charge on any atom is 0.254 e. The Morgan fingerprint density at radius 2 is 2.16 bits per heavy atom. The zero-order valence-electron chi connectivity index (χ0n) is 11.5. The van der Waals surface area contributed by atoms with Gasteiger partial charge in [0.25, 0.3) is 5.78 Å². The normalized spacial score (nSPS) is 17.3. The molecule has 1 fully saturated rings. The van der Waals surface area contributed by atoms with Crippen LogP contribution in [0.4, 0.5) is 5.82 Å². The van der Waals surface area contributed by atoms with E-state index in [-0.39, 0.29) is 0 Å². The Labute approximate surface area is 112 Å². The predicted molar refractivity (Wildman–Crippen MR) is 74.4 cm³/mol. The summed E-state index contributed by atoms with van der Waals surface area (Å²) >= 11 is 0. The summed E-state index contributed by atoms with van der Waals surface area (Å²) in [6, 6.07) is 2.74. The van der Waals surface area contributed by atoms with Crippen LogP contribution in [0.15, 0.2) is 12.4 Å². The Balaban J connectivity index is 1.83. The second-order valence-electron chi connectivity index (χ2n) is 5.05. The maximum absolute atomic E-state index is 4.39. The molecule has 0 saturated carbocycles. The fourth-order valence-corrected chi connectivity index (χ4v) is 2.74. The molecule has 6 nitrogen and oxygen atoms in total. The van der Waals surface area contributed by atoms with Gasteiger partial charge in [0.1, 0.15) is 12.1 Å². The van der Waals surface area contributed by atoms with Crippen LogP contribution < -0.4 is 10.2 Å². The number of anilines is 1. The van der Waals surface area contributed by atoms with E-state index in [0.717, 1.165) is 31.1 Å². The average Bonchev–Trinajstić information content (AvgIpc) is 2.87. The molecule has 0 radical (unpaired) electrons. The van der Waals surface area contributed by atoms with Crippen LogP contribution in [-0.2, 0) is 0 Å². The summed E-state index contributed by atoms with van der Waals surface area (Å²) in [5.74, 6) is 1.79. The summed E-state index contributed by atoms with van der Waals surface area (Å²) in [6.45, 7) is 7.32. The molecule has 1 N–H and O–H groups in total. The van der Waals surface area contributed by atoms with Crippen LogP contribution in [-0.4, -0.2) is 45.3 Å². The van der Waals surface area contributed by atoms with Crippen molar-refractivity contribution < 1.29 is 0 Å². The van der Waals surface area contributed by atoms with E-state index in [2.05, 4.69) is 38.3 Å². The van der Waals surface area contributed by atoms with Gasteiger partial charge in [-0.25, -0.2) is 4.98 Å². The molecule has 6 heteroatoms. The topological polar surface area (TPSA) is 58.3 Å².